The molecule has 0 aromatic heterocycles. The molecule has 0 bridgehead atoms. The number of hydrogen-bond acceptors (Lipinski definition) is 2. The Hall–Kier alpha value is -0.730. The number of benzene rings is 1. The number of alkyl halides is 2. The molecule has 0 amide bonds. The summed E-state index contributed by atoms with van der Waals surface area (Å²) in [5, 5.41) is 9.48. The largest absolute Gasteiger partial charge is 0.507 e. The van der Waals surface area contributed by atoms with Crippen molar-refractivity contribution < 1.29 is 9.90 Å². The van der Waals surface area contributed by atoms with Crippen LogP contribution in [0.3, 0.4) is 0 Å². The number of phenolic OH excluding ortho intramolecular Hbond substituents is 1. The lowest BCUT2D eigenvalue weighted by molar-refractivity contribution is 0.100. The summed E-state index contributed by atoms with van der Waals surface area (Å²) in [6, 6.07) is 4.85. The minimum atomic E-state index is -1.13. The smallest absolute Gasteiger partial charge is 0.199 e. The molecule has 0 spiro atoms. The first-order valence-electron chi connectivity index (χ1n) is 3.65. The summed E-state index contributed by atoms with van der Waals surface area (Å²) >= 11 is 10.8. The lowest BCUT2D eigenvalue weighted by atomic mass is 10.1. The molecule has 70 valence electrons. The number of aryl methyl sites for hydroxylation is 1. The second kappa shape index (κ2) is 3.99. The van der Waals surface area contributed by atoms with E-state index in [4.69, 9.17) is 23.2 Å². The van der Waals surface area contributed by atoms with Gasteiger partial charge in [-0.2, -0.15) is 0 Å². The van der Waals surface area contributed by atoms with Crippen LogP contribution in [0.2, 0.25) is 0 Å². The molecule has 2 nitrogen and oxygen atoms in total. The number of para-hydroxylation sites is 1. The summed E-state index contributed by atoms with van der Waals surface area (Å²) in [5.41, 5.74) is 0.787. The van der Waals surface area contributed by atoms with Crippen LogP contribution in [0.4, 0.5) is 0 Å². The molecule has 0 saturated carbocycles. The Kier molecular flexibility index (Phi) is 3.17. The number of hydrogen-bond donors (Lipinski definition) is 1. The zero-order chi connectivity index (χ0) is 10.0. The van der Waals surface area contributed by atoms with E-state index in [1.165, 1.54) is 6.07 Å². The average Bonchev–Trinajstić information content (AvgIpc) is 2.08. The zero-order valence-electron chi connectivity index (χ0n) is 6.92. The van der Waals surface area contributed by atoms with Gasteiger partial charge >= 0.3 is 0 Å². The van der Waals surface area contributed by atoms with Crippen LogP contribution in [0, 0.1) is 6.92 Å². The lowest BCUT2D eigenvalue weighted by Gasteiger charge is -2.05. The first-order chi connectivity index (χ1) is 6.04. The lowest BCUT2D eigenvalue weighted by Crippen LogP contribution is -2.08. The van der Waals surface area contributed by atoms with Crippen molar-refractivity contribution >= 4 is 29.0 Å². The maximum atomic E-state index is 11.3. The van der Waals surface area contributed by atoms with Gasteiger partial charge in [0, 0.05) is 0 Å². The van der Waals surface area contributed by atoms with Crippen molar-refractivity contribution in [2.24, 2.45) is 0 Å². The number of carbonyl (C=O) groups is 1. The third-order valence-electron chi connectivity index (χ3n) is 1.70. The van der Waals surface area contributed by atoms with E-state index in [9.17, 15) is 9.90 Å². The van der Waals surface area contributed by atoms with E-state index in [1.807, 2.05) is 0 Å². The predicted molar refractivity (Wildman–Crippen MR) is 52.7 cm³/mol. The van der Waals surface area contributed by atoms with Crippen LogP contribution < -0.4 is 0 Å². The van der Waals surface area contributed by atoms with Gasteiger partial charge in [0.15, 0.2) is 10.6 Å². The van der Waals surface area contributed by atoms with E-state index in [-0.39, 0.29) is 11.3 Å². The van der Waals surface area contributed by atoms with Crippen molar-refractivity contribution in [2.45, 2.75) is 11.8 Å². The Morgan fingerprint density at radius 1 is 1.46 bits per heavy atom. The number of phenols is 1. The van der Waals surface area contributed by atoms with Crippen LogP contribution in [0.15, 0.2) is 18.2 Å². The van der Waals surface area contributed by atoms with Crippen LogP contribution in [-0.2, 0) is 0 Å². The van der Waals surface area contributed by atoms with Crippen LogP contribution in [0.5, 0.6) is 5.75 Å². The Labute approximate surface area is 86.1 Å². The van der Waals surface area contributed by atoms with Gasteiger partial charge in [0.25, 0.3) is 0 Å². The monoisotopic (exact) mass is 218 g/mol. The minimum Gasteiger partial charge on any atom is -0.507 e. The first-order valence-corrected chi connectivity index (χ1v) is 4.52. The van der Waals surface area contributed by atoms with Crippen molar-refractivity contribution in [3.8, 4) is 5.75 Å². The normalized spacial score (nSPS) is 10.5. The molecule has 0 atom stereocenters. The third-order valence-corrected chi connectivity index (χ3v) is 2.10. The maximum Gasteiger partial charge on any atom is 0.199 e. The van der Waals surface area contributed by atoms with Gasteiger partial charge in [-0.3, -0.25) is 4.79 Å². The van der Waals surface area contributed by atoms with E-state index in [0.29, 0.717) is 5.56 Å². The van der Waals surface area contributed by atoms with Gasteiger partial charge in [-0.25, -0.2) is 0 Å². The Morgan fingerprint density at radius 2 is 2.08 bits per heavy atom. The van der Waals surface area contributed by atoms with Crippen LogP contribution in [0.25, 0.3) is 0 Å². The summed E-state index contributed by atoms with van der Waals surface area (Å²) in [5.74, 6) is -0.539. The van der Waals surface area contributed by atoms with E-state index in [1.54, 1.807) is 19.1 Å². The summed E-state index contributed by atoms with van der Waals surface area (Å²) in [7, 11) is 0. The number of Topliss-reactive ketones (excluding diaryl/α,β-unsaturated/α-hetero) is 1. The Morgan fingerprint density at radius 3 is 2.62 bits per heavy atom. The number of halogens is 2. The summed E-state index contributed by atoms with van der Waals surface area (Å²) in [4.78, 5) is 10.2. The highest BCUT2D eigenvalue weighted by atomic mass is 35.5. The molecule has 0 aliphatic heterocycles. The van der Waals surface area contributed by atoms with E-state index in [2.05, 4.69) is 0 Å². The average molecular weight is 219 g/mol. The molecule has 1 N–H and O–H groups in total. The molecule has 0 fully saturated rings. The highest BCUT2D eigenvalue weighted by Crippen LogP contribution is 2.24. The molecule has 0 heterocycles. The van der Waals surface area contributed by atoms with Gasteiger partial charge in [0.05, 0.1) is 5.56 Å². The summed E-state index contributed by atoms with van der Waals surface area (Å²) in [6.45, 7) is 1.70. The SMILES string of the molecule is Cc1cccc(C(=O)C(Cl)Cl)c1O. The fraction of sp³-hybridized carbons (Fsp3) is 0.222. The van der Waals surface area contributed by atoms with Crippen LogP contribution in [-0.4, -0.2) is 15.7 Å². The molecule has 0 radical (unpaired) electrons. The molecule has 4 heteroatoms. The number of aromatic hydroxyl groups is 1. The van der Waals surface area contributed by atoms with Crippen molar-refractivity contribution in [3.63, 3.8) is 0 Å². The number of carbonyl (C=O) groups excluding carboxylic acids is 1. The first kappa shape index (κ1) is 10.4. The molecule has 1 rings (SSSR count). The van der Waals surface area contributed by atoms with Crippen molar-refractivity contribution in [1.82, 2.24) is 0 Å². The van der Waals surface area contributed by atoms with Crippen LogP contribution >= 0.6 is 23.2 Å². The fourth-order valence-corrected chi connectivity index (χ4v) is 1.21. The predicted octanol–water partition coefficient (Wildman–Crippen LogP) is 2.69. The summed E-state index contributed by atoms with van der Waals surface area (Å²) in [6.07, 6.45) is 0. The molecule has 0 saturated heterocycles. The number of ketones is 1. The fourth-order valence-electron chi connectivity index (χ4n) is 0.975. The molecular formula is C9H8Cl2O2. The van der Waals surface area contributed by atoms with Gasteiger partial charge in [-0.05, 0) is 18.6 Å². The van der Waals surface area contributed by atoms with Gasteiger partial charge in [0.1, 0.15) is 5.75 Å². The Balaban J connectivity index is 3.15. The highest BCUT2D eigenvalue weighted by molar-refractivity contribution is 6.55. The van der Waals surface area contributed by atoms with Crippen molar-refractivity contribution in [1.29, 1.82) is 0 Å². The van der Waals surface area contributed by atoms with Gasteiger partial charge in [-0.15, -0.1) is 0 Å². The number of rotatable bonds is 2. The van der Waals surface area contributed by atoms with Gasteiger partial charge in [-0.1, -0.05) is 35.3 Å². The molecule has 1 aromatic carbocycles. The summed E-state index contributed by atoms with van der Waals surface area (Å²) < 4.78 is 0. The highest BCUT2D eigenvalue weighted by Gasteiger charge is 2.18. The topological polar surface area (TPSA) is 37.3 Å². The van der Waals surface area contributed by atoms with Crippen molar-refractivity contribution in [2.75, 3.05) is 0 Å². The van der Waals surface area contributed by atoms with E-state index < -0.39 is 10.6 Å². The zero-order valence-corrected chi connectivity index (χ0v) is 8.43. The second-order valence-corrected chi connectivity index (χ2v) is 3.73. The van der Waals surface area contributed by atoms with E-state index in [0.717, 1.165) is 0 Å². The standard InChI is InChI=1S/C9H8Cl2O2/c1-5-3-2-4-6(7(5)12)8(13)9(10)11/h2-4,9,12H,1H3. The third kappa shape index (κ3) is 2.14. The minimum absolute atomic E-state index is 0.0567. The van der Waals surface area contributed by atoms with Gasteiger partial charge < -0.3 is 5.11 Å². The Bertz CT molecular complexity index is 334. The van der Waals surface area contributed by atoms with E-state index >= 15 is 0 Å². The molecule has 0 unspecified atom stereocenters. The van der Waals surface area contributed by atoms with Crippen LogP contribution in [0.1, 0.15) is 15.9 Å². The second-order valence-electron chi connectivity index (χ2n) is 2.64. The molecule has 0 aliphatic carbocycles. The molecule has 1 aromatic rings. The maximum absolute atomic E-state index is 11.3. The molecular weight excluding hydrogens is 211 g/mol. The molecule has 0 aliphatic rings. The molecule has 13 heavy (non-hydrogen) atoms. The quantitative estimate of drug-likeness (QED) is 0.613. The van der Waals surface area contributed by atoms with Crippen molar-refractivity contribution in [3.05, 3.63) is 29.3 Å². The van der Waals surface area contributed by atoms with Gasteiger partial charge in [0.2, 0.25) is 0 Å².